The molecule has 0 atom stereocenters. The first-order valence-electron chi connectivity index (χ1n) is 5.29. The van der Waals surface area contributed by atoms with E-state index in [4.69, 9.17) is 18.0 Å². The molecule has 4 heteroatoms. The molecule has 0 spiro atoms. The molecule has 0 aliphatic carbocycles. The summed E-state index contributed by atoms with van der Waals surface area (Å²) in [5.41, 5.74) is 7.09. The number of rotatable bonds is 5. The molecule has 0 aliphatic rings. The molecule has 1 amide bonds. The second-order valence-electron chi connectivity index (χ2n) is 3.60. The Kier molecular flexibility index (Phi) is 4.92. The lowest BCUT2D eigenvalue weighted by atomic mass is 10.1. The lowest BCUT2D eigenvalue weighted by Gasteiger charge is -2.05. The molecular weight excluding hydrogens is 220 g/mol. The third kappa shape index (κ3) is 3.98. The van der Waals surface area contributed by atoms with Crippen molar-refractivity contribution in [2.45, 2.75) is 19.8 Å². The topological polar surface area (TPSA) is 55.1 Å². The van der Waals surface area contributed by atoms with Gasteiger partial charge in [0.15, 0.2) is 0 Å². The second-order valence-corrected chi connectivity index (χ2v) is 4.12. The largest absolute Gasteiger partial charge is 0.393 e. The number of amides is 1. The first kappa shape index (κ1) is 12.6. The van der Waals surface area contributed by atoms with Gasteiger partial charge in [-0.25, -0.2) is 0 Å². The van der Waals surface area contributed by atoms with Crippen molar-refractivity contribution in [1.82, 2.24) is 5.32 Å². The smallest absolute Gasteiger partial charge is 0.251 e. The molecule has 3 nitrogen and oxygen atoms in total. The fourth-order valence-electron chi connectivity index (χ4n) is 1.36. The van der Waals surface area contributed by atoms with Gasteiger partial charge in [-0.1, -0.05) is 31.3 Å². The van der Waals surface area contributed by atoms with Gasteiger partial charge in [-0.2, -0.15) is 0 Å². The summed E-state index contributed by atoms with van der Waals surface area (Å²) in [6.45, 7) is 2.71. The van der Waals surface area contributed by atoms with E-state index in [0.29, 0.717) is 23.5 Å². The Morgan fingerprint density at radius 3 is 2.88 bits per heavy atom. The van der Waals surface area contributed by atoms with E-state index in [1.54, 1.807) is 6.07 Å². The van der Waals surface area contributed by atoms with Crippen molar-refractivity contribution in [2.24, 2.45) is 5.73 Å². The zero-order chi connectivity index (χ0) is 12.0. The fraction of sp³-hybridized carbons (Fsp3) is 0.333. The Hall–Kier alpha value is -1.42. The quantitative estimate of drug-likeness (QED) is 0.764. The zero-order valence-corrected chi connectivity index (χ0v) is 10.1. The highest BCUT2D eigenvalue weighted by atomic mass is 32.1. The van der Waals surface area contributed by atoms with Crippen LogP contribution in [-0.2, 0) is 6.42 Å². The maximum absolute atomic E-state index is 11.7. The molecule has 86 valence electrons. The Morgan fingerprint density at radius 2 is 2.25 bits per heavy atom. The molecule has 0 fully saturated rings. The molecule has 0 saturated carbocycles. The van der Waals surface area contributed by atoms with Crippen LogP contribution in [0.2, 0.25) is 0 Å². The number of benzene rings is 1. The molecule has 0 unspecified atom stereocenters. The van der Waals surface area contributed by atoms with E-state index in [9.17, 15) is 4.79 Å². The second kappa shape index (κ2) is 6.23. The van der Waals surface area contributed by atoms with Gasteiger partial charge in [0.2, 0.25) is 0 Å². The summed E-state index contributed by atoms with van der Waals surface area (Å²) in [5.74, 6) is -0.0494. The van der Waals surface area contributed by atoms with Crippen molar-refractivity contribution in [3.8, 4) is 0 Å². The van der Waals surface area contributed by atoms with E-state index >= 15 is 0 Å². The summed E-state index contributed by atoms with van der Waals surface area (Å²) in [6, 6.07) is 7.36. The molecule has 3 N–H and O–H groups in total. The van der Waals surface area contributed by atoms with Crippen LogP contribution in [0.1, 0.15) is 29.3 Å². The van der Waals surface area contributed by atoms with Crippen molar-refractivity contribution >= 4 is 23.1 Å². The zero-order valence-electron chi connectivity index (χ0n) is 9.32. The Bertz CT molecular complexity index is 390. The van der Waals surface area contributed by atoms with Crippen molar-refractivity contribution in [3.63, 3.8) is 0 Å². The lowest BCUT2D eigenvalue weighted by molar-refractivity contribution is 0.0953. The molecule has 1 aromatic carbocycles. The van der Waals surface area contributed by atoms with Gasteiger partial charge in [-0.3, -0.25) is 4.79 Å². The number of thiocarbonyl (C=S) groups is 1. The van der Waals surface area contributed by atoms with Crippen molar-refractivity contribution < 1.29 is 4.79 Å². The number of hydrogen-bond donors (Lipinski definition) is 2. The van der Waals surface area contributed by atoms with E-state index in [-0.39, 0.29) is 5.91 Å². The highest BCUT2D eigenvalue weighted by Crippen LogP contribution is 2.06. The van der Waals surface area contributed by atoms with Crippen LogP contribution in [0, 0.1) is 0 Å². The first-order valence-corrected chi connectivity index (χ1v) is 5.69. The first-order chi connectivity index (χ1) is 7.63. The van der Waals surface area contributed by atoms with Gasteiger partial charge in [0, 0.05) is 18.5 Å². The Balaban J connectivity index is 2.73. The van der Waals surface area contributed by atoms with Crippen molar-refractivity contribution in [2.75, 3.05) is 6.54 Å². The molecule has 0 aliphatic heterocycles. The molecule has 1 aromatic rings. The minimum absolute atomic E-state index is 0.0494. The summed E-state index contributed by atoms with van der Waals surface area (Å²) >= 11 is 4.83. The summed E-state index contributed by atoms with van der Waals surface area (Å²) in [4.78, 5) is 12.1. The van der Waals surface area contributed by atoms with Crippen LogP contribution in [0.15, 0.2) is 24.3 Å². The molecule has 1 rings (SSSR count). The van der Waals surface area contributed by atoms with E-state index in [2.05, 4.69) is 5.32 Å². The van der Waals surface area contributed by atoms with Crippen LogP contribution in [0.5, 0.6) is 0 Å². The van der Waals surface area contributed by atoms with Crippen LogP contribution in [0.3, 0.4) is 0 Å². The van der Waals surface area contributed by atoms with Gasteiger partial charge in [0.05, 0.1) is 4.99 Å². The van der Waals surface area contributed by atoms with Gasteiger partial charge in [0.25, 0.3) is 5.91 Å². The number of nitrogens with one attached hydrogen (secondary N) is 1. The van der Waals surface area contributed by atoms with Gasteiger partial charge in [-0.05, 0) is 24.1 Å². The predicted octanol–water partition coefficient (Wildman–Crippen LogP) is 1.66. The standard InChI is InChI=1S/C12H16N2OS/c1-2-6-14-12(15)10-5-3-4-9(7-10)8-11(13)16/h3-5,7H,2,6,8H2,1H3,(H2,13,16)(H,14,15). The third-order valence-corrected chi connectivity index (χ3v) is 2.25. The summed E-state index contributed by atoms with van der Waals surface area (Å²) in [7, 11) is 0. The van der Waals surface area contributed by atoms with E-state index in [0.717, 1.165) is 12.0 Å². The maximum atomic E-state index is 11.7. The highest BCUT2D eigenvalue weighted by molar-refractivity contribution is 7.80. The third-order valence-electron chi connectivity index (χ3n) is 2.10. The molecule has 0 saturated heterocycles. The predicted molar refractivity (Wildman–Crippen MR) is 69.6 cm³/mol. The summed E-state index contributed by atoms with van der Waals surface area (Å²) < 4.78 is 0. The number of hydrogen-bond acceptors (Lipinski definition) is 2. The molecular formula is C12H16N2OS. The maximum Gasteiger partial charge on any atom is 0.251 e. The normalized spacial score (nSPS) is 9.81. The number of carbonyl (C=O) groups excluding carboxylic acids is 1. The fourth-order valence-corrected chi connectivity index (χ4v) is 1.53. The van der Waals surface area contributed by atoms with Crippen LogP contribution >= 0.6 is 12.2 Å². The molecule has 0 aromatic heterocycles. The SMILES string of the molecule is CCCNC(=O)c1cccc(CC(N)=S)c1. The van der Waals surface area contributed by atoms with E-state index in [1.165, 1.54) is 0 Å². The van der Waals surface area contributed by atoms with E-state index < -0.39 is 0 Å². The average Bonchev–Trinajstić information content (AvgIpc) is 2.25. The molecule has 16 heavy (non-hydrogen) atoms. The Labute approximate surface area is 101 Å². The van der Waals surface area contributed by atoms with Crippen molar-refractivity contribution in [1.29, 1.82) is 0 Å². The monoisotopic (exact) mass is 236 g/mol. The van der Waals surface area contributed by atoms with Gasteiger partial charge in [-0.15, -0.1) is 0 Å². The van der Waals surface area contributed by atoms with Gasteiger partial charge < -0.3 is 11.1 Å². The van der Waals surface area contributed by atoms with Gasteiger partial charge >= 0.3 is 0 Å². The molecule has 0 heterocycles. The van der Waals surface area contributed by atoms with Crippen LogP contribution in [0.4, 0.5) is 0 Å². The summed E-state index contributed by atoms with van der Waals surface area (Å²) in [6.07, 6.45) is 1.46. The Morgan fingerprint density at radius 1 is 1.50 bits per heavy atom. The van der Waals surface area contributed by atoms with Crippen molar-refractivity contribution in [3.05, 3.63) is 35.4 Å². The van der Waals surface area contributed by atoms with Crippen LogP contribution < -0.4 is 11.1 Å². The average molecular weight is 236 g/mol. The minimum Gasteiger partial charge on any atom is -0.393 e. The molecule has 0 radical (unpaired) electrons. The minimum atomic E-state index is -0.0494. The van der Waals surface area contributed by atoms with Crippen LogP contribution in [0.25, 0.3) is 0 Å². The van der Waals surface area contributed by atoms with E-state index in [1.807, 2.05) is 25.1 Å². The number of nitrogens with two attached hydrogens (primary N) is 1. The molecule has 0 bridgehead atoms. The van der Waals surface area contributed by atoms with Gasteiger partial charge in [0.1, 0.15) is 0 Å². The van der Waals surface area contributed by atoms with Crippen LogP contribution in [-0.4, -0.2) is 17.4 Å². The highest BCUT2D eigenvalue weighted by Gasteiger charge is 2.05. The lowest BCUT2D eigenvalue weighted by Crippen LogP contribution is -2.24. The summed E-state index contributed by atoms with van der Waals surface area (Å²) in [5, 5.41) is 2.83. The number of carbonyl (C=O) groups is 1.